The second-order valence-electron chi connectivity index (χ2n) is 4.37. The minimum Gasteiger partial charge on any atom is -0.507 e. The lowest BCUT2D eigenvalue weighted by Crippen LogP contribution is -2.41. The zero-order valence-corrected chi connectivity index (χ0v) is 10.7. The maximum atomic E-state index is 11.0. The van der Waals surface area contributed by atoms with E-state index in [1.54, 1.807) is 26.0 Å². The maximum absolute atomic E-state index is 11.0. The first-order chi connectivity index (χ1) is 8.31. The van der Waals surface area contributed by atoms with Crippen LogP contribution >= 0.6 is 0 Å². The number of carboxylic acid groups (broad SMARTS) is 1. The van der Waals surface area contributed by atoms with Gasteiger partial charge in [-0.15, -0.1) is 0 Å². The Kier molecular flexibility index (Phi) is 4.31. The number of aromatic hydroxyl groups is 1. The average molecular weight is 251 g/mol. The van der Waals surface area contributed by atoms with Crippen molar-refractivity contribution in [2.75, 3.05) is 0 Å². The van der Waals surface area contributed by atoms with Gasteiger partial charge in [0, 0.05) is 13.3 Å². The number of carbonyl (C=O) groups excluding carboxylic acids is 1. The van der Waals surface area contributed by atoms with Gasteiger partial charge in [-0.3, -0.25) is 4.79 Å². The molecule has 18 heavy (non-hydrogen) atoms. The molecule has 0 radical (unpaired) electrons. The highest BCUT2D eigenvalue weighted by molar-refractivity contribution is 5.82. The molecule has 0 fully saturated rings. The van der Waals surface area contributed by atoms with Crippen LogP contribution < -0.4 is 5.32 Å². The molecule has 0 aliphatic heterocycles. The minimum atomic E-state index is -1.08. The van der Waals surface area contributed by atoms with E-state index in [-0.39, 0.29) is 18.1 Å². The molecule has 3 N–H and O–H groups in total. The molecule has 98 valence electrons. The molecule has 0 aliphatic carbocycles. The van der Waals surface area contributed by atoms with E-state index < -0.39 is 12.0 Å². The van der Waals surface area contributed by atoms with Gasteiger partial charge in [0.1, 0.15) is 11.8 Å². The Labute approximate surface area is 105 Å². The van der Waals surface area contributed by atoms with Crippen LogP contribution in [0, 0.1) is 13.8 Å². The van der Waals surface area contributed by atoms with Gasteiger partial charge in [0.05, 0.1) is 0 Å². The summed E-state index contributed by atoms with van der Waals surface area (Å²) in [4.78, 5) is 21.9. The standard InChI is InChI=1S/C13H17NO4/c1-7-4-10(5-8(2)12(7)16)6-11(13(17)18)14-9(3)15/h4-5,11,16H,6H2,1-3H3,(H,14,15)(H,17,18)/t11-/m1/s1. The third-order valence-electron chi connectivity index (χ3n) is 2.67. The van der Waals surface area contributed by atoms with Crippen LogP contribution in [0.15, 0.2) is 12.1 Å². The number of amides is 1. The molecule has 0 saturated carbocycles. The first kappa shape index (κ1) is 14.0. The SMILES string of the molecule is CC(=O)N[C@H](Cc1cc(C)c(O)c(C)c1)C(=O)O. The lowest BCUT2D eigenvalue weighted by molar-refractivity contribution is -0.141. The second kappa shape index (κ2) is 5.53. The molecule has 1 amide bonds. The Bertz CT molecular complexity index is 459. The summed E-state index contributed by atoms with van der Waals surface area (Å²) in [6, 6.07) is 2.49. The van der Waals surface area contributed by atoms with Crippen LogP contribution in [-0.2, 0) is 16.0 Å². The van der Waals surface area contributed by atoms with Crippen molar-refractivity contribution in [2.24, 2.45) is 0 Å². The molecule has 5 heteroatoms. The Hall–Kier alpha value is -2.04. The van der Waals surface area contributed by atoms with Crippen LogP contribution in [0.3, 0.4) is 0 Å². The third-order valence-corrected chi connectivity index (χ3v) is 2.67. The van der Waals surface area contributed by atoms with Crippen LogP contribution in [0.5, 0.6) is 5.75 Å². The van der Waals surface area contributed by atoms with E-state index in [1.807, 2.05) is 0 Å². The van der Waals surface area contributed by atoms with Crippen LogP contribution in [0.1, 0.15) is 23.6 Å². The number of phenols is 1. The van der Waals surface area contributed by atoms with Gasteiger partial charge in [-0.2, -0.15) is 0 Å². The number of carboxylic acids is 1. The fourth-order valence-corrected chi connectivity index (χ4v) is 1.84. The Morgan fingerprint density at radius 3 is 2.17 bits per heavy atom. The summed E-state index contributed by atoms with van der Waals surface area (Å²) >= 11 is 0. The van der Waals surface area contributed by atoms with Crippen molar-refractivity contribution < 1.29 is 19.8 Å². The fraction of sp³-hybridized carbons (Fsp3) is 0.385. The normalized spacial score (nSPS) is 11.9. The van der Waals surface area contributed by atoms with Gasteiger partial charge in [-0.25, -0.2) is 4.79 Å². The van der Waals surface area contributed by atoms with Crippen molar-refractivity contribution in [3.63, 3.8) is 0 Å². The summed E-state index contributed by atoms with van der Waals surface area (Å²) in [5.41, 5.74) is 2.15. The maximum Gasteiger partial charge on any atom is 0.326 e. The highest BCUT2D eigenvalue weighted by Gasteiger charge is 2.19. The molecule has 1 rings (SSSR count). The quantitative estimate of drug-likeness (QED) is 0.749. The first-order valence-corrected chi connectivity index (χ1v) is 5.60. The molecule has 1 aromatic rings. The largest absolute Gasteiger partial charge is 0.507 e. The van der Waals surface area contributed by atoms with Gasteiger partial charge < -0.3 is 15.5 Å². The molecule has 1 atom stereocenters. The number of phenolic OH excluding ortho intramolecular Hbond substituents is 1. The number of nitrogens with one attached hydrogen (secondary N) is 1. The molecule has 0 spiro atoms. The molecule has 0 heterocycles. The van der Waals surface area contributed by atoms with E-state index >= 15 is 0 Å². The number of aliphatic carboxylic acids is 1. The van der Waals surface area contributed by atoms with E-state index in [2.05, 4.69) is 5.32 Å². The van der Waals surface area contributed by atoms with E-state index in [1.165, 1.54) is 6.92 Å². The van der Waals surface area contributed by atoms with Crippen LogP contribution in [-0.4, -0.2) is 28.1 Å². The second-order valence-corrected chi connectivity index (χ2v) is 4.37. The molecule has 0 bridgehead atoms. The number of aryl methyl sites for hydroxylation is 2. The summed E-state index contributed by atoms with van der Waals surface area (Å²) in [5, 5.41) is 21.0. The average Bonchev–Trinajstić information content (AvgIpc) is 2.24. The van der Waals surface area contributed by atoms with Gasteiger partial charge in [0.25, 0.3) is 0 Å². The van der Waals surface area contributed by atoms with Gasteiger partial charge in [0.2, 0.25) is 5.91 Å². The van der Waals surface area contributed by atoms with E-state index in [0.29, 0.717) is 11.1 Å². The van der Waals surface area contributed by atoms with Crippen molar-refractivity contribution in [3.05, 3.63) is 28.8 Å². The monoisotopic (exact) mass is 251 g/mol. The molecule has 0 aromatic heterocycles. The minimum absolute atomic E-state index is 0.191. The number of carbonyl (C=O) groups is 2. The predicted molar refractivity (Wildman–Crippen MR) is 66.5 cm³/mol. The summed E-state index contributed by atoms with van der Waals surface area (Å²) in [6.45, 7) is 4.78. The molecule has 1 aromatic carbocycles. The highest BCUT2D eigenvalue weighted by Crippen LogP contribution is 2.23. The van der Waals surface area contributed by atoms with Crippen molar-refractivity contribution in [1.29, 1.82) is 0 Å². The van der Waals surface area contributed by atoms with Gasteiger partial charge >= 0.3 is 5.97 Å². The Morgan fingerprint density at radius 2 is 1.78 bits per heavy atom. The number of hydrogen-bond acceptors (Lipinski definition) is 3. The molecular weight excluding hydrogens is 234 g/mol. The van der Waals surface area contributed by atoms with Crippen LogP contribution in [0.2, 0.25) is 0 Å². The molecule has 0 saturated heterocycles. The molecule has 0 aliphatic rings. The smallest absolute Gasteiger partial charge is 0.326 e. The van der Waals surface area contributed by atoms with Gasteiger partial charge in [-0.05, 0) is 30.5 Å². The summed E-state index contributed by atoms with van der Waals surface area (Å²) in [6.07, 6.45) is 0.191. The Morgan fingerprint density at radius 1 is 1.28 bits per heavy atom. The van der Waals surface area contributed by atoms with Crippen molar-refractivity contribution in [2.45, 2.75) is 33.2 Å². The van der Waals surface area contributed by atoms with Crippen LogP contribution in [0.4, 0.5) is 0 Å². The zero-order chi connectivity index (χ0) is 13.9. The van der Waals surface area contributed by atoms with Crippen LogP contribution in [0.25, 0.3) is 0 Å². The molecule has 5 nitrogen and oxygen atoms in total. The van der Waals surface area contributed by atoms with Gasteiger partial charge in [0.15, 0.2) is 0 Å². The summed E-state index contributed by atoms with van der Waals surface area (Å²) < 4.78 is 0. The topological polar surface area (TPSA) is 86.6 Å². The van der Waals surface area contributed by atoms with E-state index in [4.69, 9.17) is 5.11 Å². The van der Waals surface area contributed by atoms with E-state index in [0.717, 1.165) is 5.56 Å². The zero-order valence-electron chi connectivity index (χ0n) is 10.7. The predicted octanol–water partition coefficient (Wildman–Crippen LogP) is 1.14. The Balaban J connectivity index is 2.94. The number of hydrogen-bond donors (Lipinski definition) is 3. The lowest BCUT2D eigenvalue weighted by Gasteiger charge is -2.14. The van der Waals surface area contributed by atoms with Gasteiger partial charge in [-0.1, -0.05) is 12.1 Å². The summed E-state index contributed by atoms with van der Waals surface area (Å²) in [7, 11) is 0. The number of rotatable bonds is 4. The molecular formula is C13H17NO4. The third kappa shape index (κ3) is 3.48. The fourth-order valence-electron chi connectivity index (χ4n) is 1.84. The first-order valence-electron chi connectivity index (χ1n) is 5.60. The lowest BCUT2D eigenvalue weighted by atomic mass is 10.00. The van der Waals surface area contributed by atoms with Crippen molar-refractivity contribution in [1.82, 2.24) is 5.32 Å². The summed E-state index contributed by atoms with van der Waals surface area (Å²) in [5.74, 6) is -1.24. The van der Waals surface area contributed by atoms with Crippen molar-refractivity contribution in [3.8, 4) is 5.75 Å². The van der Waals surface area contributed by atoms with E-state index in [9.17, 15) is 14.7 Å². The highest BCUT2D eigenvalue weighted by atomic mass is 16.4. The van der Waals surface area contributed by atoms with Crippen molar-refractivity contribution >= 4 is 11.9 Å². The number of benzene rings is 1. The molecule has 0 unspecified atom stereocenters.